The molecule has 17 nitrogen and oxygen atoms in total. The van der Waals surface area contributed by atoms with Crippen LogP contribution in [0.25, 0.3) is 77.9 Å². The first kappa shape index (κ1) is 105. The monoisotopic (exact) mass is 1800 g/mol. The first-order chi connectivity index (χ1) is 63.4. The number of aromatic nitrogens is 7. The van der Waals surface area contributed by atoms with Crippen molar-refractivity contribution < 1.29 is 32.4 Å². The van der Waals surface area contributed by atoms with E-state index in [2.05, 4.69) is 206 Å². The number of amides is 3. The molecule has 0 aliphatic heterocycles. The third kappa shape index (κ3) is 29.6. The Hall–Kier alpha value is -13.7. The van der Waals surface area contributed by atoms with Gasteiger partial charge >= 0.3 is 0 Å². The van der Waals surface area contributed by atoms with Crippen molar-refractivity contribution >= 4 is 39.1 Å². The minimum Gasteiger partial charge on any atom is -0.355 e. The average molecular weight is 1800 g/mol. The number of rotatable bonds is 22. The molecule has 0 saturated heterocycles. The van der Waals surface area contributed by atoms with Crippen molar-refractivity contribution in [3.8, 4) is 77.9 Å². The van der Waals surface area contributed by atoms with Gasteiger partial charge in [-0.25, -0.2) is 8.42 Å². The molecule has 690 valence electrons. The Morgan fingerprint density at radius 3 is 0.925 bits per heavy atom. The van der Waals surface area contributed by atoms with Gasteiger partial charge in [0.2, 0.25) is 0 Å². The molecule has 1 N–H and O–H groups in total. The molecular weight excluding hydrogens is 1670 g/mol. The largest absolute Gasteiger partial charge is 0.355 e. The van der Waals surface area contributed by atoms with Crippen LogP contribution in [-0.2, 0) is 16.3 Å². The lowest BCUT2D eigenvalue weighted by Crippen LogP contribution is -2.21. The van der Waals surface area contributed by atoms with Gasteiger partial charge < -0.3 is 15.1 Å². The fraction of sp³-hybridized carbons (Fsp3) is 0.287. The minimum atomic E-state index is -3.19. The Bertz CT molecular complexity index is 6340. The summed E-state index contributed by atoms with van der Waals surface area (Å²) >= 11 is 0. The van der Waals surface area contributed by atoms with E-state index in [9.17, 15) is 32.4 Å². The van der Waals surface area contributed by atoms with Gasteiger partial charge in [0.25, 0.3) is 17.7 Å². The fourth-order valence-corrected chi connectivity index (χ4v) is 15.7. The van der Waals surface area contributed by atoms with Crippen LogP contribution in [0.1, 0.15) is 268 Å². The molecule has 3 amide bonds. The smallest absolute Gasteiger partial charge is 0.253 e. The normalized spacial score (nSPS) is 10.8. The highest BCUT2D eigenvalue weighted by Gasteiger charge is 2.21. The van der Waals surface area contributed by atoms with Crippen molar-refractivity contribution in [3.05, 3.63) is 371 Å². The molecule has 0 fully saturated rings. The summed E-state index contributed by atoms with van der Waals surface area (Å²) in [4.78, 5) is 93.4. The Labute approximate surface area is 790 Å². The number of hydrogen-bond acceptors (Lipinski definition) is 14. The molecule has 18 heteroatoms. The highest BCUT2D eigenvalue weighted by molar-refractivity contribution is 7.90. The van der Waals surface area contributed by atoms with Crippen LogP contribution in [-0.4, -0.2) is 124 Å². The predicted molar refractivity (Wildman–Crippen MR) is 548 cm³/mol. The van der Waals surface area contributed by atoms with Crippen molar-refractivity contribution in [1.29, 1.82) is 0 Å². The molecule has 0 aliphatic carbocycles. The zero-order chi connectivity index (χ0) is 97.3. The lowest BCUT2D eigenvalue weighted by Gasteiger charge is -2.14. The van der Waals surface area contributed by atoms with Gasteiger partial charge in [0.15, 0.2) is 21.4 Å². The fourth-order valence-electron chi connectivity index (χ4n) is 15.0. The van der Waals surface area contributed by atoms with Gasteiger partial charge in [-0.3, -0.25) is 58.9 Å². The maximum Gasteiger partial charge on any atom is 0.253 e. The Morgan fingerprint density at radius 1 is 0.316 bits per heavy atom. The Kier molecular flexibility index (Phi) is 39.8. The van der Waals surface area contributed by atoms with Crippen LogP contribution in [0.2, 0.25) is 0 Å². The van der Waals surface area contributed by atoms with Crippen LogP contribution in [0.3, 0.4) is 0 Å². The average Bonchev–Trinajstić information content (AvgIpc) is 0.545. The molecule has 0 atom stereocenters. The molecule has 133 heavy (non-hydrogen) atoms. The molecule has 0 aliphatic rings. The number of nitrogens with one attached hydrogen (secondary N) is 1. The maximum atomic E-state index is 12.1. The second kappa shape index (κ2) is 50.6. The summed E-state index contributed by atoms with van der Waals surface area (Å²) in [5, 5.41) is 2.62. The molecule has 14 rings (SSSR count). The zero-order valence-electron chi connectivity index (χ0n) is 82.0. The van der Waals surface area contributed by atoms with Crippen molar-refractivity contribution in [2.24, 2.45) is 0 Å². The summed E-state index contributed by atoms with van der Waals surface area (Å²) in [7, 11) is 5.49. The number of carbonyl (C=O) groups excluding carboxylic acids is 5. The maximum absolute atomic E-state index is 12.1. The number of ketones is 2. The van der Waals surface area contributed by atoms with Gasteiger partial charge in [0.05, 0.1) is 44.8 Å². The van der Waals surface area contributed by atoms with Crippen molar-refractivity contribution in [1.82, 2.24) is 50.0 Å². The quantitative estimate of drug-likeness (QED) is 0.0623. The van der Waals surface area contributed by atoms with Crippen LogP contribution in [0.15, 0.2) is 297 Å². The van der Waals surface area contributed by atoms with Crippen LogP contribution in [0, 0.1) is 6.92 Å². The van der Waals surface area contributed by atoms with Gasteiger partial charge in [-0.1, -0.05) is 256 Å². The molecule has 14 aromatic rings. The van der Waals surface area contributed by atoms with Crippen LogP contribution in [0.5, 0.6) is 0 Å². The summed E-state index contributed by atoms with van der Waals surface area (Å²) in [6.45, 7) is 37.7. The molecule has 0 radical (unpaired) electrons. The van der Waals surface area contributed by atoms with E-state index >= 15 is 0 Å². The van der Waals surface area contributed by atoms with E-state index in [1.807, 2.05) is 220 Å². The Balaban J connectivity index is 0.000000191. The third-order valence-electron chi connectivity index (χ3n) is 22.0. The van der Waals surface area contributed by atoms with E-state index in [1.165, 1.54) is 34.2 Å². The number of sulfone groups is 1. The van der Waals surface area contributed by atoms with E-state index < -0.39 is 9.84 Å². The number of aryl methyl sites for hydroxylation is 2. The lowest BCUT2D eigenvalue weighted by molar-refractivity contribution is 0.0820. The molecule has 7 aromatic heterocycles. The Morgan fingerprint density at radius 2 is 0.609 bits per heavy atom. The van der Waals surface area contributed by atoms with E-state index in [0.717, 1.165) is 118 Å². The van der Waals surface area contributed by atoms with E-state index in [1.54, 1.807) is 76.4 Å². The second-order valence-corrected chi connectivity index (χ2v) is 37.2. The first-order valence-corrected chi connectivity index (χ1v) is 47.5. The number of benzene rings is 7. The summed E-state index contributed by atoms with van der Waals surface area (Å²) < 4.78 is 23.2. The summed E-state index contributed by atoms with van der Waals surface area (Å²) in [6, 6.07) is 80.4. The molecule has 0 spiro atoms. The number of nitrogens with zero attached hydrogens (tertiary/aromatic N) is 9. The van der Waals surface area contributed by atoms with Crippen LogP contribution < -0.4 is 5.32 Å². The van der Waals surface area contributed by atoms with Gasteiger partial charge in [0.1, 0.15) is 0 Å². The lowest BCUT2D eigenvalue weighted by atomic mass is 9.93. The number of pyridine rings is 7. The molecular formula is C115H132N10O7S. The van der Waals surface area contributed by atoms with Crippen LogP contribution in [0.4, 0.5) is 0 Å². The number of carbonyl (C=O) groups is 5. The standard InChI is InChI=1S/2C17H20N2O.C17H19NO.C17H21N.C16H18N2O.C16H17NO.C15H17NO2S/c1-12(2)16-15(9-6-10-18-16)13-7-5-8-14(11-13)17(20)19(3)4;1-12(2)16-15(6-5-11-18-16)13-7-9-14(10-8-13)17(20)19(3)4;1-4-16(19)14-8-5-7-13(11-14)15-9-6-10-18-17(15)12(2)3;1-5-14-8-9-15(13(4)11-14)16-7-6-10-18-17(16)12(2)3;1-11(2)15-14(5-4-10-18-15)12-6-8-13(9-7-12)16(19)17-3;1-11(2)16-15(8-5-9-17-16)14-7-4-6-13(10-14)12(3)18;1-11(2)15-14(8-5-9-16-15)12-6-4-7-13(10-12)19(3,17)18/h2*5-12H,1-4H3;5-12H,4H2,1-3H3;6-12H,5H2,1-4H3;4-11H,1-3H3,(H,17,19);4-11H,1-3H3;4-11H,1-3H3. The topological polar surface area (TPSA) is 228 Å². The van der Waals surface area contributed by atoms with E-state index in [-0.39, 0.29) is 35.2 Å². The molecule has 7 heterocycles. The van der Waals surface area contributed by atoms with Gasteiger partial charge in [-0.15, -0.1) is 0 Å². The SMILES string of the molecule is CC(=O)c1cccc(-c2cccnc2C(C)C)c1.CC(C)c1ncccc1-c1ccc(C(=O)N(C)C)cc1.CC(C)c1ncccc1-c1cccc(C(=O)N(C)C)c1.CC(C)c1ncccc1-c1cccc(S(C)(=O)=O)c1.CCC(=O)c1cccc(-c2cccnc2C(C)C)c1.CCc1ccc(-c2cccnc2C(C)C)c(C)c1.CNC(=O)c1ccc(-c2cccnc2C(C)C)cc1. The van der Waals surface area contributed by atoms with Crippen LogP contribution >= 0.6 is 0 Å². The molecule has 0 unspecified atom stereocenters. The predicted octanol–water partition coefficient (Wildman–Crippen LogP) is 26.9. The summed E-state index contributed by atoms with van der Waals surface area (Å²) in [5.41, 5.74) is 29.2. The van der Waals surface area contributed by atoms with E-state index in [0.29, 0.717) is 63.5 Å². The second-order valence-electron chi connectivity index (χ2n) is 35.1. The van der Waals surface area contributed by atoms with Gasteiger partial charge in [0, 0.05) is 158 Å². The van der Waals surface area contributed by atoms with Crippen molar-refractivity contribution in [2.75, 3.05) is 41.5 Å². The number of hydrogen-bond donors (Lipinski definition) is 1. The highest BCUT2D eigenvalue weighted by atomic mass is 32.2. The molecule has 0 bridgehead atoms. The molecule has 0 saturated carbocycles. The van der Waals surface area contributed by atoms with Crippen molar-refractivity contribution in [3.63, 3.8) is 0 Å². The molecule has 7 aromatic carbocycles. The minimum absolute atomic E-state index is 0.0156. The van der Waals surface area contributed by atoms with Gasteiger partial charge in [-0.05, 0) is 215 Å². The summed E-state index contributed by atoms with van der Waals surface area (Å²) in [5.74, 6) is 2.79. The highest BCUT2D eigenvalue weighted by Crippen LogP contribution is 2.36. The number of Topliss-reactive ketones (excluding diaryl/α,β-unsaturated/α-hetero) is 2. The zero-order valence-corrected chi connectivity index (χ0v) is 82.8. The third-order valence-corrected chi connectivity index (χ3v) is 23.1. The van der Waals surface area contributed by atoms with Gasteiger partial charge in [-0.2, -0.15) is 0 Å². The first-order valence-electron chi connectivity index (χ1n) is 45.7. The summed E-state index contributed by atoms with van der Waals surface area (Å²) in [6.07, 6.45) is 15.6. The van der Waals surface area contributed by atoms with Crippen molar-refractivity contribution in [2.45, 2.75) is 184 Å². The van der Waals surface area contributed by atoms with E-state index in [4.69, 9.17) is 0 Å².